The highest BCUT2D eigenvalue weighted by atomic mass is 16.7. The number of benzene rings is 1. The molecule has 2 aliphatic heterocycles. The normalized spacial score (nSPS) is 19.6. The third-order valence-electron chi connectivity index (χ3n) is 4.70. The van der Waals surface area contributed by atoms with Gasteiger partial charge in [0.15, 0.2) is 11.5 Å². The summed E-state index contributed by atoms with van der Waals surface area (Å²) in [5.74, 6) is 1.15. The second kappa shape index (κ2) is 8.40. The van der Waals surface area contributed by atoms with E-state index in [9.17, 15) is 14.7 Å². The Hall–Kier alpha value is -2.28. The molecule has 142 valence electrons. The summed E-state index contributed by atoms with van der Waals surface area (Å²) in [6.07, 6.45) is 2.53. The van der Waals surface area contributed by atoms with Crippen molar-refractivity contribution in [2.45, 2.75) is 45.3 Å². The summed E-state index contributed by atoms with van der Waals surface area (Å²) < 4.78 is 10.7. The van der Waals surface area contributed by atoms with Crippen LogP contribution in [0, 0.1) is 0 Å². The van der Waals surface area contributed by atoms with Crippen LogP contribution in [0.5, 0.6) is 11.5 Å². The zero-order chi connectivity index (χ0) is 18.5. The number of rotatable bonds is 6. The Kier molecular flexibility index (Phi) is 5.98. The molecule has 1 aromatic carbocycles. The highest BCUT2D eigenvalue weighted by Gasteiger charge is 2.29. The maximum Gasteiger partial charge on any atom is 0.242 e. The molecule has 0 saturated carbocycles. The summed E-state index contributed by atoms with van der Waals surface area (Å²) in [5.41, 5.74) is 0.900. The van der Waals surface area contributed by atoms with Gasteiger partial charge >= 0.3 is 0 Å². The topological polar surface area (TPSA) is 79.3 Å². The highest BCUT2D eigenvalue weighted by molar-refractivity contribution is 5.85. The number of hydrogen-bond donors (Lipinski definition) is 1. The minimum absolute atomic E-state index is 0.0204. The minimum atomic E-state index is -0.745. The van der Waals surface area contributed by atoms with Crippen molar-refractivity contribution in [3.05, 3.63) is 23.8 Å². The van der Waals surface area contributed by atoms with Gasteiger partial charge in [-0.3, -0.25) is 9.59 Å². The number of aliphatic hydroxyl groups excluding tert-OH is 1. The first kappa shape index (κ1) is 18.5. The zero-order valence-corrected chi connectivity index (χ0v) is 15.1. The van der Waals surface area contributed by atoms with E-state index in [0.29, 0.717) is 24.5 Å². The summed E-state index contributed by atoms with van der Waals surface area (Å²) in [6.45, 7) is 3.09. The molecular formula is C19H26N2O5. The van der Waals surface area contributed by atoms with E-state index in [0.717, 1.165) is 24.8 Å². The van der Waals surface area contributed by atoms with E-state index in [1.54, 1.807) is 4.90 Å². The van der Waals surface area contributed by atoms with E-state index in [1.165, 1.54) is 4.90 Å². The number of aliphatic hydroxyl groups is 1. The fraction of sp³-hybridized carbons (Fsp3) is 0.579. The van der Waals surface area contributed by atoms with E-state index < -0.39 is 6.10 Å². The second-order valence-electron chi connectivity index (χ2n) is 6.85. The minimum Gasteiger partial charge on any atom is -0.454 e. The van der Waals surface area contributed by atoms with Crippen molar-refractivity contribution >= 4 is 11.8 Å². The Morgan fingerprint density at radius 1 is 1.23 bits per heavy atom. The van der Waals surface area contributed by atoms with Crippen LogP contribution in [0.15, 0.2) is 18.2 Å². The molecule has 2 heterocycles. The summed E-state index contributed by atoms with van der Waals surface area (Å²) >= 11 is 0. The fourth-order valence-corrected chi connectivity index (χ4v) is 3.28. The van der Waals surface area contributed by atoms with Gasteiger partial charge in [0.2, 0.25) is 18.6 Å². The molecule has 26 heavy (non-hydrogen) atoms. The lowest BCUT2D eigenvalue weighted by atomic mass is 10.2. The van der Waals surface area contributed by atoms with Crippen LogP contribution in [0.4, 0.5) is 0 Å². The van der Waals surface area contributed by atoms with E-state index >= 15 is 0 Å². The number of fused-ring (bicyclic) bond motifs is 1. The van der Waals surface area contributed by atoms with Crippen molar-refractivity contribution in [3.8, 4) is 11.5 Å². The number of unbranched alkanes of at least 4 members (excludes halogenated alkanes) is 2. The molecule has 1 N–H and O–H groups in total. The average Bonchev–Trinajstić information content (AvgIpc) is 3.02. The molecule has 0 radical (unpaired) electrons. The number of carbonyl (C=O) groups is 2. The van der Waals surface area contributed by atoms with Crippen molar-refractivity contribution in [1.29, 1.82) is 0 Å². The molecule has 1 unspecified atom stereocenters. The highest BCUT2D eigenvalue weighted by Crippen LogP contribution is 2.32. The van der Waals surface area contributed by atoms with Gasteiger partial charge in [-0.05, 0) is 24.1 Å². The van der Waals surface area contributed by atoms with Crippen LogP contribution in [0.2, 0.25) is 0 Å². The molecule has 1 aromatic rings. The molecule has 2 aliphatic rings. The number of amides is 2. The summed E-state index contributed by atoms with van der Waals surface area (Å²) in [5, 5.41) is 10.3. The largest absolute Gasteiger partial charge is 0.454 e. The number of ether oxygens (including phenoxy) is 2. The van der Waals surface area contributed by atoms with Gasteiger partial charge in [-0.25, -0.2) is 0 Å². The third-order valence-corrected chi connectivity index (χ3v) is 4.70. The van der Waals surface area contributed by atoms with Crippen molar-refractivity contribution in [2.24, 2.45) is 0 Å². The van der Waals surface area contributed by atoms with Gasteiger partial charge in [0, 0.05) is 26.1 Å². The predicted molar refractivity (Wildman–Crippen MR) is 94.7 cm³/mol. The van der Waals surface area contributed by atoms with Crippen LogP contribution in [0.1, 0.15) is 38.2 Å². The quantitative estimate of drug-likeness (QED) is 0.777. The smallest absolute Gasteiger partial charge is 0.242 e. The van der Waals surface area contributed by atoms with Gasteiger partial charge in [-0.15, -0.1) is 0 Å². The first-order valence-electron chi connectivity index (χ1n) is 9.19. The lowest BCUT2D eigenvalue weighted by Gasteiger charge is -2.22. The van der Waals surface area contributed by atoms with Crippen molar-refractivity contribution in [1.82, 2.24) is 9.80 Å². The van der Waals surface area contributed by atoms with Gasteiger partial charge in [-0.2, -0.15) is 0 Å². The molecule has 0 aromatic heterocycles. The Morgan fingerprint density at radius 3 is 2.85 bits per heavy atom. The lowest BCUT2D eigenvalue weighted by Crippen LogP contribution is -2.39. The Labute approximate surface area is 153 Å². The van der Waals surface area contributed by atoms with Crippen molar-refractivity contribution in [3.63, 3.8) is 0 Å². The average molecular weight is 362 g/mol. The van der Waals surface area contributed by atoms with Gasteiger partial charge in [0.25, 0.3) is 0 Å². The lowest BCUT2D eigenvalue weighted by molar-refractivity contribution is -0.139. The van der Waals surface area contributed by atoms with E-state index in [-0.39, 0.29) is 38.2 Å². The first-order chi connectivity index (χ1) is 12.6. The first-order valence-corrected chi connectivity index (χ1v) is 9.19. The molecule has 2 amide bonds. The molecule has 1 saturated heterocycles. The van der Waals surface area contributed by atoms with Gasteiger partial charge < -0.3 is 24.4 Å². The molecular weight excluding hydrogens is 336 g/mol. The van der Waals surface area contributed by atoms with Crippen LogP contribution < -0.4 is 9.47 Å². The molecule has 1 atom stereocenters. The number of nitrogens with zero attached hydrogens (tertiary/aromatic N) is 2. The second-order valence-corrected chi connectivity index (χ2v) is 6.85. The summed E-state index contributed by atoms with van der Waals surface area (Å²) in [4.78, 5) is 28.0. The third kappa shape index (κ3) is 4.46. The van der Waals surface area contributed by atoms with Gasteiger partial charge in [0.05, 0.1) is 12.6 Å². The molecule has 0 aliphatic carbocycles. The Bertz CT molecular complexity index is 663. The van der Waals surface area contributed by atoms with Crippen LogP contribution in [0.25, 0.3) is 0 Å². The maximum atomic E-state index is 12.6. The Morgan fingerprint density at radius 2 is 2.04 bits per heavy atom. The van der Waals surface area contributed by atoms with E-state index in [2.05, 4.69) is 6.92 Å². The van der Waals surface area contributed by atoms with Gasteiger partial charge in [0.1, 0.15) is 0 Å². The number of β-amino-alcohol motifs (C(OH)–C–C–N with tert-alkyl or cyclic N) is 1. The van der Waals surface area contributed by atoms with Crippen LogP contribution in [-0.2, 0) is 16.1 Å². The molecule has 7 nitrogen and oxygen atoms in total. The molecule has 7 heteroatoms. The number of carbonyl (C=O) groups excluding carboxylic acids is 2. The van der Waals surface area contributed by atoms with Crippen LogP contribution in [0.3, 0.4) is 0 Å². The summed E-state index contributed by atoms with van der Waals surface area (Å²) in [6, 6.07) is 5.55. The van der Waals surface area contributed by atoms with E-state index in [1.807, 2.05) is 18.2 Å². The van der Waals surface area contributed by atoms with Crippen LogP contribution in [-0.4, -0.2) is 59.3 Å². The molecule has 1 fully saturated rings. The van der Waals surface area contributed by atoms with E-state index in [4.69, 9.17) is 9.47 Å². The summed E-state index contributed by atoms with van der Waals surface area (Å²) in [7, 11) is 0. The predicted octanol–water partition coefficient (Wildman–Crippen LogP) is 1.53. The van der Waals surface area contributed by atoms with Gasteiger partial charge in [-0.1, -0.05) is 25.8 Å². The standard InChI is InChI=1S/C19H26N2O5/c1-2-3-4-5-18(23)21-11-15(22)10-20(19(24)12-21)9-14-6-7-16-17(8-14)26-13-25-16/h6-8,15,22H,2-5,9-13H2,1H3. The molecule has 0 bridgehead atoms. The van der Waals surface area contributed by atoms with Crippen molar-refractivity contribution < 1.29 is 24.2 Å². The van der Waals surface area contributed by atoms with Crippen molar-refractivity contribution in [2.75, 3.05) is 26.4 Å². The zero-order valence-electron chi connectivity index (χ0n) is 15.1. The molecule has 3 rings (SSSR count). The van der Waals surface area contributed by atoms with Crippen LogP contribution >= 0.6 is 0 Å². The monoisotopic (exact) mass is 362 g/mol. The molecule has 0 spiro atoms. The number of hydrogen-bond acceptors (Lipinski definition) is 5. The SMILES string of the molecule is CCCCCC(=O)N1CC(=O)N(Cc2ccc3c(c2)OCO3)CC(O)C1. The Balaban J connectivity index is 1.62. The fourth-order valence-electron chi connectivity index (χ4n) is 3.28. The maximum absolute atomic E-state index is 12.6.